The van der Waals surface area contributed by atoms with E-state index >= 15 is 0 Å². The molecule has 34 heavy (non-hydrogen) atoms. The molecule has 1 amide bonds. The number of amides is 1. The summed E-state index contributed by atoms with van der Waals surface area (Å²) < 4.78 is 30.4. The van der Waals surface area contributed by atoms with Crippen molar-refractivity contribution in [3.8, 4) is 5.75 Å². The third-order valence-corrected chi connectivity index (χ3v) is 6.31. The van der Waals surface area contributed by atoms with E-state index in [9.17, 15) is 14.0 Å². The lowest BCUT2D eigenvalue weighted by atomic mass is 9.89. The first-order valence-corrected chi connectivity index (χ1v) is 11.6. The first-order chi connectivity index (χ1) is 16.5. The predicted octanol–water partition coefficient (Wildman–Crippen LogP) is 3.81. The molecule has 2 unspecified atom stereocenters. The number of ether oxygens (including phenoxy) is 3. The summed E-state index contributed by atoms with van der Waals surface area (Å²) in [7, 11) is 1.58. The van der Waals surface area contributed by atoms with Crippen LogP contribution < -0.4 is 9.22 Å². The summed E-state index contributed by atoms with van der Waals surface area (Å²) in [5.41, 5.74) is 4.27. The van der Waals surface area contributed by atoms with Gasteiger partial charge in [0.25, 0.3) is 0 Å². The van der Waals surface area contributed by atoms with E-state index in [1.807, 2.05) is 6.92 Å². The van der Waals surface area contributed by atoms with Gasteiger partial charge in [0, 0.05) is 30.9 Å². The minimum Gasteiger partial charge on any atom is -0.475 e. The lowest BCUT2D eigenvalue weighted by Gasteiger charge is -2.43. The molecule has 1 aromatic carbocycles. The number of quaternary nitrogens is 1. The number of esters is 1. The fourth-order valence-corrected chi connectivity index (χ4v) is 4.89. The Labute approximate surface area is 198 Å². The maximum atomic E-state index is 13.4. The van der Waals surface area contributed by atoms with E-state index in [-0.39, 0.29) is 29.6 Å². The van der Waals surface area contributed by atoms with Crippen LogP contribution in [0.5, 0.6) is 5.75 Å². The second kappa shape index (κ2) is 10.0. The zero-order chi connectivity index (χ0) is 24.3. The van der Waals surface area contributed by atoms with Gasteiger partial charge < -0.3 is 14.2 Å². The minimum absolute atomic E-state index is 0.107. The Kier molecular flexibility index (Phi) is 7.09. The zero-order valence-electron chi connectivity index (χ0n) is 19.8. The van der Waals surface area contributed by atoms with E-state index in [0.29, 0.717) is 48.7 Å². The van der Waals surface area contributed by atoms with Crippen LogP contribution in [0.2, 0.25) is 0 Å². The second-order valence-electron chi connectivity index (χ2n) is 8.72. The number of carbonyl (C=O) groups excluding carboxylic acids is 2. The van der Waals surface area contributed by atoms with Crippen LogP contribution in [0.4, 0.5) is 10.1 Å². The molecular weight excluding hydrogens is 439 g/mol. The van der Waals surface area contributed by atoms with Gasteiger partial charge in [-0.2, -0.15) is 0 Å². The normalized spacial score (nSPS) is 21.0. The molecule has 0 saturated carbocycles. The summed E-state index contributed by atoms with van der Waals surface area (Å²) in [6.45, 7) is 4.85. The highest BCUT2D eigenvalue weighted by atomic mass is 19.1. The largest absolute Gasteiger partial charge is 0.475 e. The number of pyridine rings is 1. The van der Waals surface area contributed by atoms with E-state index in [1.165, 1.54) is 12.1 Å². The van der Waals surface area contributed by atoms with Crippen molar-refractivity contribution in [2.24, 2.45) is 0 Å². The molecule has 0 fully saturated rings. The molecule has 0 saturated heterocycles. The van der Waals surface area contributed by atoms with Crippen LogP contribution in [0.15, 0.2) is 36.0 Å². The molecule has 2 aromatic rings. The van der Waals surface area contributed by atoms with Crippen LogP contribution in [0.25, 0.3) is 5.57 Å². The van der Waals surface area contributed by atoms with E-state index in [0.717, 1.165) is 29.5 Å². The minimum atomic E-state index is -0.413. The number of hydrogen-bond acceptors (Lipinski definition) is 6. The molecule has 0 bridgehead atoms. The third-order valence-electron chi connectivity index (χ3n) is 6.31. The van der Waals surface area contributed by atoms with Gasteiger partial charge in [0.05, 0.1) is 18.8 Å². The SMILES string of the molecule is CCCC1=C(C(=O)OCC)C[N+]2(C=O)CC(COC)Oc3c(Cc4ccc(F)cc4)cnc1c32. The molecule has 8 heteroatoms. The lowest BCUT2D eigenvalue weighted by molar-refractivity contribution is -0.139. The van der Waals surface area contributed by atoms with Crippen molar-refractivity contribution in [2.45, 2.75) is 39.2 Å². The van der Waals surface area contributed by atoms with Gasteiger partial charge in [0.1, 0.15) is 24.6 Å². The fourth-order valence-electron chi connectivity index (χ4n) is 4.89. The number of carbonyl (C=O) groups is 2. The summed E-state index contributed by atoms with van der Waals surface area (Å²) in [5, 5.41) is 0. The average Bonchev–Trinajstić information content (AvgIpc) is 2.83. The van der Waals surface area contributed by atoms with E-state index in [4.69, 9.17) is 19.2 Å². The van der Waals surface area contributed by atoms with E-state index in [2.05, 4.69) is 0 Å². The van der Waals surface area contributed by atoms with Gasteiger partial charge in [-0.25, -0.2) is 23.4 Å². The van der Waals surface area contributed by atoms with Crippen LogP contribution in [0.3, 0.4) is 0 Å². The Balaban J connectivity index is 1.91. The highest BCUT2D eigenvalue weighted by Crippen LogP contribution is 2.49. The molecule has 2 aliphatic rings. The highest BCUT2D eigenvalue weighted by molar-refractivity contribution is 6.03. The van der Waals surface area contributed by atoms with Crippen LogP contribution in [0.1, 0.15) is 43.5 Å². The Bertz CT molecular complexity index is 1110. The summed E-state index contributed by atoms with van der Waals surface area (Å²) in [4.78, 5) is 30.4. The van der Waals surface area contributed by atoms with Crippen LogP contribution in [-0.4, -0.2) is 56.9 Å². The Hall–Kier alpha value is -3.10. The molecule has 2 aliphatic heterocycles. The standard InChI is InChI=1S/C26H30FN2O5/c1-4-6-21-22(26(31)33-5-2)14-29(16-30)13-20(15-32-3)34-25-18(12-28-23(21)24(25)29)11-17-7-9-19(27)10-8-17/h7-10,12,16,20H,4-6,11,13-15H2,1-3H3/q+1. The van der Waals surface area contributed by atoms with Gasteiger partial charge in [-0.1, -0.05) is 25.5 Å². The van der Waals surface area contributed by atoms with Gasteiger partial charge in [-0.3, -0.25) is 0 Å². The molecule has 1 aromatic heterocycles. The molecule has 0 aliphatic carbocycles. The van der Waals surface area contributed by atoms with Crippen molar-refractivity contribution in [3.63, 3.8) is 0 Å². The predicted molar refractivity (Wildman–Crippen MR) is 126 cm³/mol. The second-order valence-corrected chi connectivity index (χ2v) is 8.72. The van der Waals surface area contributed by atoms with Gasteiger partial charge in [0.15, 0.2) is 11.9 Å². The highest BCUT2D eigenvalue weighted by Gasteiger charge is 2.50. The van der Waals surface area contributed by atoms with Crippen molar-refractivity contribution in [2.75, 3.05) is 33.4 Å². The van der Waals surface area contributed by atoms with E-state index in [1.54, 1.807) is 32.4 Å². The maximum Gasteiger partial charge on any atom is 0.340 e. The third kappa shape index (κ3) is 4.35. The first-order valence-electron chi connectivity index (χ1n) is 11.6. The number of hydrogen-bond donors (Lipinski definition) is 0. The van der Waals surface area contributed by atoms with Crippen molar-refractivity contribution in [3.05, 3.63) is 58.7 Å². The van der Waals surface area contributed by atoms with Crippen molar-refractivity contribution < 1.29 is 28.2 Å². The first kappa shape index (κ1) is 24.0. The summed E-state index contributed by atoms with van der Waals surface area (Å²) in [6, 6.07) is 6.28. The number of aromatic nitrogens is 1. The molecule has 2 atom stereocenters. The average molecular weight is 470 g/mol. The zero-order valence-corrected chi connectivity index (χ0v) is 19.8. The molecular formula is C26H30FN2O5+. The quantitative estimate of drug-likeness (QED) is 0.316. The van der Waals surface area contributed by atoms with E-state index < -0.39 is 5.97 Å². The van der Waals surface area contributed by atoms with Crippen molar-refractivity contribution in [1.29, 1.82) is 0 Å². The van der Waals surface area contributed by atoms with Crippen molar-refractivity contribution >= 4 is 23.6 Å². The number of methoxy groups -OCH3 is 1. The lowest BCUT2D eigenvalue weighted by Crippen LogP contribution is -2.60. The molecule has 3 heterocycles. The number of nitrogens with zero attached hydrogens (tertiary/aromatic N) is 2. The number of rotatable bonds is 9. The van der Waals surface area contributed by atoms with Crippen LogP contribution in [0, 0.1) is 5.82 Å². The van der Waals surface area contributed by atoms with Crippen molar-refractivity contribution in [1.82, 2.24) is 9.47 Å². The molecule has 0 N–H and O–H groups in total. The molecule has 0 spiro atoms. The number of halogens is 1. The molecule has 4 rings (SSSR count). The fraction of sp³-hybridized carbons (Fsp3) is 0.423. The summed E-state index contributed by atoms with van der Waals surface area (Å²) >= 11 is 0. The topological polar surface area (TPSA) is 74.7 Å². The Morgan fingerprint density at radius 1 is 1.29 bits per heavy atom. The monoisotopic (exact) mass is 469 g/mol. The molecule has 180 valence electrons. The Morgan fingerprint density at radius 2 is 2.06 bits per heavy atom. The van der Waals surface area contributed by atoms with Crippen LogP contribution in [-0.2, 0) is 25.5 Å². The van der Waals surface area contributed by atoms with Crippen LogP contribution >= 0.6 is 0 Å². The van der Waals surface area contributed by atoms with Gasteiger partial charge >= 0.3 is 12.4 Å². The number of benzene rings is 1. The molecule has 0 radical (unpaired) electrons. The Morgan fingerprint density at radius 3 is 2.71 bits per heavy atom. The van der Waals surface area contributed by atoms with Gasteiger partial charge in [0.2, 0.25) is 5.69 Å². The molecule has 7 nitrogen and oxygen atoms in total. The van der Waals surface area contributed by atoms with Gasteiger partial charge in [-0.15, -0.1) is 0 Å². The number of allylic oxidation sites excluding steroid dienone is 1. The smallest absolute Gasteiger partial charge is 0.340 e. The van der Waals surface area contributed by atoms with Gasteiger partial charge in [-0.05, 0) is 31.0 Å². The summed E-state index contributed by atoms with van der Waals surface area (Å²) in [6.07, 6.45) is 4.12. The maximum absolute atomic E-state index is 13.4. The summed E-state index contributed by atoms with van der Waals surface area (Å²) in [5.74, 6) is -0.127.